The van der Waals surface area contributed by atoms with Gasteiger partial charge in [-0.15, -0.1) is 0 Å². The van der Waals surface area contributed by atoms with Crippen molar-refractivity contribution in [2.45, 2.75) is 46.1 Å². The van der Waals surface area contributed by atoms with Crippen molar-refractivity contribution in [3.63, 3.8) is 0 Å². The smallest absolute Gasteiger partial charge is 0.233 e. The third-order valence-corrected chi connectivity index (χ3v) is 3.89. The lowest BCUT2D eigenvalue weighted by atomic mass is 9.84. The van der Waals surface area contributed by atoms with Crippen LogP contribution in [0.15, 0.2) is 12.1 Å². The summed E-state index contributed by atoms with van der Waals surface area (Å²) in [6.45, 7) is 5.86. The minimum Gasteiger partial charge on any atom is -0.327 e. The molecule has 2 atom stereocenters. The Bertz CT molecular complexity index is 452. The highest BCUT2D eigenvalue weighted by Crippen LogP contribution is 2.37. The quantitative estimate of drug-likeness (QED) is 0.841. The van der Waals surface area contributed by atoms with Crippen LogP contribution >= 0.6 is 0 Å². The molecule has 1 fully saturated rings. The van der Waals surface area contributed by atoms with Crippen molar-refractivity contribution in [2.75, 3.05) is 5.32 Å². The Hall–Kier alpha value is -1.42. The molecule has 0 saturated heterocycles. The highest BCUT2D eigenvalue weighted by molar-refractivity contribution is 5.95. The summed E-state index contributed by atoms with van der Waals surface area (Å²) in [5, 5.41) is 2.91. The number of pyridine rings is 1. The summed E-state index contributed by atoms with van der Waals surface area (Å²) in [4.78, 5) is 16.7. The molecule has 1 aromatic rings. The van der Waals surface area contributed by atoms with Gasteiger partial charge in [-0.25, -0.2) is 4.98 Å². The Balaban J connectivity index is 2.16. The molecule has 1 aliphatic rings. The van der Waals surface area contributed by atoms with E-state index in [1.54, 1.807) is 0 Å². The lowest BCUT2D eigenvalue weighted by Crippen LogP contribution is -2.44. The fourth-order valence-electron chi connectivity index (χ4n) is 2.64. The van der Waals surface area contributed by atoms with Crippen molar-refractivity contribution < 1.29 is 4.79 Å². The second-order valence-electron chi connectivity index (χ2n) is 5.54. The molecule has 1 amide bonds. The molecule has 1 aromatic heterocycles. The predicted molar refractivity (Wildman–Crippen MR) is 72.3 cm³/mol. The van der Waals surface area contributed by atoms with Crippen molar-refractivity contribution in [3.05, 3.63) is 23.4 Å². The number of amides is 1. The van der Waals surface area contributed by atoms with Gasteiger partial charge < -0.3 is 11.1 Å². The number of carbonyl (C=O) groups is 1. The van der Waals surface area contributed by atoms with Gasteiger partial charge in [-0.3, -0.25) is 4.79 Å². The van der Waals surface area contributed by atoms with Crippen molar-refractivity contribution in [2.24, 2.45) is 11.1 Å². The average Bonchev–Trinajstić information content (AvgIpc) is 2.59. The highest BCUT2D eigenvalue weighted by atomic mass is 16.2. The van der Waals surface area contributed by atoms with Crippen LogP contribution in [0.2, 0.25) is 0 Å². The Labute approximate surface area is 108 Å². The number of aromatic nitrogens is 1. The van der Waals surface area contributed by atoms with Crippen molar-refractivity contribution in [1.82, 2.24) is 4.98 Å². The predicted octanol–water partition coefficient (Wildman–Crippen LogP) is 2.15. The van der Waals surface area contributed by atoms with E-state index >= 15 is 0 Å². The van der Waals surface area contributed by atoms with E-state index < -0.39 is 5.41 Å². The molecular formula is C14H21N3O. The Morgan fingerprint density at radius 2 is 2.22 bits per heavy atom. The number of nitrogens with one attached hydrogen (secondary N) is 1. The number of anilines is 1. The molecule has 0 aromatic carbocycles. The van der Waals surface area contributed by atoms with Crippen LogP contribution in [-0.2, 0) is 4.79 Å². The molecule has 0 spiro atoms. The lowest BCUT2D eigenvalue weighted by molar-refractivity contribution is -0.125. The molecule has 0 radical (unpaired) electrons. The summed E-state index contributed by atoms with van der Waals surface area (Å²) in [6, 6.07) is 3.82. The van der Waals surface area contributed by atoms with Gasteiger partial charge in [-0.1, -0.05) is 6.42 Å². The Morgan fingerprint density at radius 3 is 2.78 bits per heavy atom. The standard InChI is InChI=1S/C14H21N3O/c1-9-7-10(2)16-12(8-9)17-13(18)14(3)6-4-5-11(14)15/h7-8,11H,4-6,15H2,1-3H3,(H,16,17,18). The molecule has 1 heterocycles. The van der Waals surface area contributed by atoms with Crippen molar-refractivity contribution >= 4 is 11.7 Å². The molecule has 0 aliphatic heterocycles. The number of nitrogens with two attached hydrogens (primary N) is 1. The summed E-state index contributed by atoms with van der Waals surface area (Å²) in [5.41, 5.74) is 7.59. The molecule has 18 heavy (non-hydrogen) atoms. The summed E-state index contributed by atoms with van der Waals surface area (Å²) in [6.07, 6.45) is 2.79. The molecule has 2 rings (SSSR count). The van der Waals surface area contributed by atoms with Crippen LogP contribution in [0.3, 0.4) is 0 Å². The van der Waals surface area contributed by atoms with Crippen LogP contribution in [0.25, 0.3) is 0 Å². The zero-order chi connectivity index (χ0) is 13.3. The van der Waals surface area contributed by atoms with Gasteiger partial charge in [0.1, 0.15) is 5.82 Å². The van der Waals surface area contributed by atoms with E-state index in [0.717, 1.165) is 30.5 Å². The minimum absolute atomic E-state index is 0.00926. The van der Waals surface area contributed by atoms with Crippen LogP contribution < -0.4 is 11.1 Å². The molecule has 4 nitrogen and oxygen atoms in total. The largest absolute Gasteiger partial charge is 0.327 e. The lowest BCUT2D eigenvalue weighted by Gasteiger charge is -2.27. The fraction of sp³-hybridized carbons (Fsp3) is 0.571. The molecular weight excluding hydrogens is 226 g/mol. The maximum atomic E-state index is 12.3. The summed E-state index contributed by atoms with van der Waals surface area (Å²) in [5.74, 6) is 0.614. The fourth-order valence-corrected chi connectivity index (χ4v) is 2.64. The molecule has 98 valence electrons. The molecule has 1 saturated carbocycles. The molecule has 3 N–H and O–H groups in total. The maximum absolute atomic E-state index is 12.3. The summed E-state index contributed by atoms with van der Waals surface area (Å²) in [7, 11) is 0. The topological polar surface area (TPSA) is 68.0 Å². The van der Waals surface area contributed by atoms with E-state index in [1.807, 2.05) is 32.9 Å². The van der Waals surface area contributed by atoms with Crippen LogP contribution in [0.5, 0.6) is 0 Å². The first-order valence-electron chi connectivity index (χ1n) is 6.44. The summed E-state index contributed by atoms with van der Waals surface area (Å²) < 4.78 is 0. The van der Waals surface area contributed by atoms with E-state index in [1.165, 1.54) is 0 Å². The van der Waals surface area contributed by atoms with Crippen LogP contribution in [0, 0.1) is 19.3 Å². The van der Waals surface area contributed by atoms with Gasteiger partial charge in [0.05, 0.1) is 5.41 Å². The zero-order valence-corrected chi connectivity index (χ0v) is 11.3. The van der Waals surface area contributed by atoms with Gasteiger partial charge in [0, 0.05) is 11.7 Å². The van der Waals surface area contributed by atoms with E-state index in [2.05, 4.69) is 10.3 Å². The van der Waals surface area contributed by atoms with Gasteiger partial charge >= 0.3 is 0 Å². The SMILES string of the molecule is Cc1cc(C)nc(NC(=O)C2(C)CCCC2N)c1. The van der Waals surface area contributed by atoms with Gasteiger partial charge in [-0.05, 0) is 51.3 Å². The van der Waals surface area contributed by atoms with E-state index in [4.69, 9.17) is 5.73 Å². The number of rotatable bonds is 2. The number of carbonyl (C=O) groups excluding carboxylic acids is 1. The maximum Gasteiger partial charge on any atom is 0.233 e. The third kappa shape index (κ3) is 2.38. The van der Waals surface area contributed by atoms with Crippen LogP contribution in [0.1, 0.15) is 37.4 Å². The summed E-state index contributed by atoms with van der Waals surface area (Å²) >= 11 is 0. The first-order valence-corrected chi connectivity index (χ1v) is 6.44. The number of hydrogen-bond acceptors (Lipinski definition) is 3. The van der Waals surface area contributed by atoms with Gasteiger partial charge in [0.15, 0.2) is 0 Å². The van der Waals surface area contributed by atoms with Crippen molar-refractivity contribution in [3.8, 4) is 0 Å². The minimum atomic E-state index is -0.459. The molecule has 0 bridgehead atoms. The second-order valence-corrected chi connectivity index (χ2v) is 5.54. The third-order valence-electron chi connectivity index (χ3n) is 3.89. The van der Waals surface area contributed by atoms with Crippen LogP contribution in [-0.4, -0.2) is 16.9 Å². The number of nitrogens with zero attached hydrogens (tertiary/aromatic N) is 1. The normalized spacial score (nSPS) is 27.2. The zero-order valence-electron chi connectivity index (χ0n) is 11.3. The number of hydrogen-bond donors (Lipinski definition) is 2. The monoisotopic (exact) mass is 247 g/mol. The molecule has 1 aliphatic carbocycles. The van der Waals surface area contributed by atoms with Crippen LogP contribution in [0.4, 0.5) is 5.82 Å². The number of aryl methyl sites for hydroxylation is 2. The van der Waals surface area contributed by atoms with Gasteiger partial charge in [-0.2, -0.15) is 0 Å². The molecule has 2 unspecified atom stereocenters. The Morgan fingerprint density at radius 1 is 1.50 bits per heavy atom. The van der Waals surface area contributed by atoms with E-state index in [-0.39, 0.29) is 11.9 Å². The first-order chi connectivity index (χ1) is 8.41. The van der Waals surface area contributed by atoms with Crippen molar-refractivity contribution in [1.29, 1.82) is 0 Å². The highest BCUT2D eigenvalue weighted by Gasteiger charge is 2.43. The van der Waals surface area contributed by atoms with E-state index in [9.17, 15) is 4.79 Å². The Kier molecular flexibility index (Phi) is 3.39. The molecule has 4 heteroatoms. The average molecular weight is 247 g/mol. The van der Waals surface area contributed by atoms with Gasteiger partial charge in [0.2, 0.25) is 5.91 Å². The first kappa shape index (κ1) is 13.0. The van der Waals surface area contributed by atoms with Gasteiger partial charge in [0.25, 0.3) is 0 Å². The van der Waals surface area contributed by atoms with E-state index in [0.29, 0.717) is 5.82 Å². The second kappa shape index (κ2) is 4.69.